The molecule has 0 bridgehead atoms. The second-order valence-corrected chi connectivity index (χ2v) is 13.2. The maximum Gasteiger partial charge on any atom is 0.394 e. The number of allylic oxidation sites excluding steroid dienone is 1. The number of rotatable bonds is 8. The van der Waals surface area contributed by atoms with E-state index in [-0.39, 0.29) is 29.7 Å². The maximum absolute atomic E-state index is 14.0. The number of nitrogens with two attached hydrogens (primary N) is 2. The number of hydrogen-bond donors (Lipinski definition) is 8. The fourth-order valence-corrected chi connectivity index (χ4v) is 6.70. The lowest BCUT2D eigenvalue weighted by Crippen LogP contribution is -2.63. The number of likely N-dealkylation sites (N-methyl/N-ethyl adjacent to an activating group) is 1. The number of hydrogen-bond acceptors (Lipinski definition) is 12. The Morgan fingerprint density at radius 3 is 2.22 bits per heavy atom. The van der Waals surface area contributed by atoms with Crippen molar-refractivity contribution in [2.45, 2.75) is 58.1 Å². The predicted molar refractivity (Wildman–Crippen MR) is 164 cm³/mol. The number of carbonyl (C=O) groups is 3. The highest BCUT2D eigenvalue weighted by molar-refractivity contribution is 7.79. The molecular weight excluding hydrogens is 612 g/mol. The number of phenols is 1. The molecule has 250 valence electrons. The van der Waals surface area contributed by atoms with E-state index in [0.717, 1.165) is 18.5 Å². The van der Waals surface area contributed by atoms with Crippen LogP contribution in [0.25, 0.3) is 0 Å². The average Bonchev–Trinajstić information content (AvgIpc) is 2.89. The van der Waals surface area contributed by atoms with Crippen LogP contribution in [0, 0.1) is 17.8 Å². The van der Waals surface area contributed by atoms with E-state index in [9.17, 15) is 34.8 Å². The summed E-state index contributed by atoms with van der Waals surface area (Å²) in [5.74, 6) is -6.57. The number of nitrogens with zero attached hydrogens (tertiary/aromatic N) is 2. The van der Waals surface area contributed by atoms with Gasteiger partial charge in [-0.2, -0.15) is 8.42 Å². The highest BCUT2D eigenvalue weighted by Crippen LogP contribution is 2.53. The van der Waals surface area contributed by atoms with Gasteiger partial charge >= 0.3 is 10.4 Å². The van der Waals surface area contributed by atoms with Crippen molar-refractivity contribution in [1.29, 1.82) is 0 Å². The van der Waals surface area contributed by atoms with E-state index in [2.05, 4.69) is 25.7 Å². The fraction of sp³-hybridized carbons (Fsp3) is 0.552. The number of benzene rings is 1. The summed E-state index contributed by atoms with van der Waals surface area (Å²) < 4.78 is 31.6. The van der Waals surface area contributed by atoms with Crippen LogP contribution >= 0.6 is 0 Å². The molecule has 0 spiro atoms. The molecule has 0 aromatic heterocycles. The van der Waals surface area contributed by atoms with Crippen molar-refractivity contribution in [3.05, 3.63) is 39.9 Å². The number of anilines is 2. The summed E-state index contributed by atoms with van der Waals surface area (Å²) in [6.45, 7) is 7.66. The van der Waals surface area contributed by atoms with Crippen LogP contribution in [0.15, 0.2) is 28.7 Å². The van der Waals surface area contributed by atoms with E-state index in [4.69, 9.17) is 29.0 Å². The zero-order valence-corrected chi connectivity index (χ0v) is 26.6. The molecule has 1 amide bonds. The molecule has 45 heavy (non-hydrogen) atoms. The van der Waals surface area contributed by atoms with Gasteiger partial charge in [-0.1, -0.05) is 27.2 Å². The molecule has 0 heterocycles. The third kappa shape index (κ3) is 6.65. The van der Waals surface area contributed by atoms with Crippen LogP contribution in [0.2, 0.25) is 0 Å². The standard InChI is InChI=1S/C29H40N4O7.H2O4S/c1-6-7-8-33(12-13(2)3)18-11-17(30)23(34)20-15(18)9-14-10-16-22(32(4)5)25(36)21(28(31)39)27(38)29(16,40)26(37)19(14)24(20)35;1-5(2,3)4/h11,13-14,16,22,34,36-37,40H,6-10,12,30H2,1-5H3,(H2,31,39);(H2,1,2,3,4)/t14?,16?,22-,29-;/m0./s1. The first kappa shape index (κ1) is 35.8. The molecule has 1 aromatic carbocycles. The molecular formula is C29H42N4O11S. The molecule has 2 unspecified atom stereocenters. The van der Waals surface area contributed by atoms with Gasteiger partial charge in [-0.3, -0.25) is 28.4 Å². The number of aromatic hydroxyl groups is 1. The Bertz CT molecular complexity index is 1560. The second-order valence-electron chi connectivity index (χ2n) is 12.3. The van der Waals surface area contributed by atoms with Crippen LogP contribution in [0.3, 0.4) is 0 Å². The Morgan fingerprint density at radius 2 is 1.73 bits per heavy atom. The van der Waals surface area contributed by atoms with Crippen LogP contribution < -0.4 is 16.4 Å². The minimum absolute atomic E-state index is 0.00331. The topological polar surface area (TPSA) is 265 Å². The number of amides is 1. The molecule has 3 aliphatic rings. The number of primary amides is 1. The number of aliphatic hydroxyl groups is 3. The Balaban J connectivity index is 0.00000102. The molecule has 4 rings (SSSR count). The highest BCUT2D eigenvalue weighted by atomic mass is 32.3. The number of nitrogen functional groups attached to an aromatic ring is 1. The van der Waals surface area contributed by atoms with Gasteiger partial charge in [0.2, 0.25) is 5.78 Å². The quantitative estimate of drug-likeness (QED) is 0.0850. The molecule has 0 saturated carbocycles. The van der Waals surface area contributed by atoms with Crippen LogP contribution in [0.5, 0.6) is 5.75 Å². The van der Waals surface area contributed by atoms with E-state index < -0.39 is 74.2 Å². The molecule has 0 aliphatic heterocycles. The van der Waals surface area contributed by atoms with Gasteiger partial charge in [-0.25, -0.2) is 0 Å². The number of unbranched alkanes of at least 4 members (excludes halogenated alkanes) is 1. The van der Waals surface area contributed by atoms with Crippen molar-refractivity contribution < 1.29 is 52.3 Å². The SMILES string of the molecule is CCCCN(CC(C)C)c1cc(N)c(O)c2c1CC1CC3[C@H](N(C)C)C(O)=C(C(N)=O)C(=O)[C@@]3(O)C(O)=C1C2=O.O=S(=O)(O)O. The molecule has 4 atom stereocenters. The van der Waals surface area contributed by atoms with Gasteiger partial charge in [0.1, 0.15) is 22.8 Å². The van der Waals surface area contributed by atoms with Crippen molar-refractivity contribution >= 4 is 39.2 Å². The molecule has 15 nitrogen and oxygen atoms in total. The molecule has 0 fully saturated rings. The monoisotopic (exact) mass is 654 g/mol. The van der Waals surface area contributed by atoms with E-state index in [1.54, 1.807) is 20.2 Å². The van der Waals surface area contributed by atoms with Crippen molar-refractivity contribution in [2.75, 3.05) is 37.8 Å². The third-order valence-electron chi connectivity index (χ3n) is 8.44. The van der Waals surface area contributed by atoms with Crippen molar-refractivity contribution in [3.8, 4) is 5.75 Å². The minimum Gasteiger partial charge on any atom is -0.510 e. The zero-order chi connectivity index (χ0) is 34.3. The molecule has 0 saturated heterocycles. The van der Waals surface area contributed by atoms with Gasteiger partial charge in [0.25, 0.3) is 5.91 Å². The summed E-state index contributed by atoms with van der Waals surface area (Å²) >= 11 is 0. The zero-order valence-electron chi connectivity index (χ0n) is 25.8. The van der Waals surface area contributed by atoms with Crippen molar-refractivity contribution in [1.82, 2.24) is 4.90 Å². The largest absolute Gasteiger partial charge is 0.510 e. The van der Waals surface area contributed by atoms with E-state index in [1.165, 1.54) is 4.90 Å². The number of aliphatic hydroxyl groups excluding tert-OH is 2. The lowest BCUT2D eigenvalue weighted by atomic mass is 9.58. The second kappa shape index (κ2) is 13.0. The van der Waals surface area contributed by atoms with Crippen LogP contribution in [-0.4, -0.2) is 99.2 Å². The van der Waals surface area contributed by atoms with E-state index in [1.807, 2.05) is 0 Å². The Labute approximate surface area is 261 Å². The minimum atomic E-state index is -4.67. The number of Topliss-reactive ketones (excluding diaryl/α,β-unsaturated/α-hetero) is 2. The normalized spacial score (nSPS) is 24.6. The van der Waals surface area contributed by atoms with Crippen molar-refractivity contribution in [2.24, 2.45) is 23.5 Å². The summed E-state index contributed by atoms with van der Waals surface area (Å²) in [6, 6.07) is 0.639. The van der Waals surface area contributed by atoms with E-state index in [0.29, 0.717) is 24.6 Å². The molecule has 1 aromatic rings. The Kier molecular flexibility index (Phi) is 10.3. The summed E-state index contributed by atoms with van der Waals surface area (Å²) in [4.78, 5) is 43.3. The number of ketones is 2. The first-order valence-corrected chi connectivity index (χ1v) is 15.8. The van der Waals surface area contributed by atoms with Gasteiger partial charge in [-0.15, -0.1) is 0 Å². The van der Waals surface area contributed by atoms with Gasteiger partial charge in [-0.05, 0) is 56.8 Å². The average molecular weight is 655 g/mol. The van der Waals surface area contributed by atoms with E-state index >= 15 is 0 Å². The van der Waals surface area contributed by atoms with Gasteiger partial charge in [0.05, 0.1) is 17.3 Å². The van der Waals surface area contributed by atoms with Gasteiger partial charge in [0.15, 0.2) is 11.4 Å². The number of carbonyl (C=O) groups excluding carboxylic acids is 3. The highest BCUT2D eigenvalue weighted by Gasteiger charge is 2.63. The summed E-state index contributed by atoms with van der Waals surface area (Å²) in [7, 11) is -1.46. The Hall–Kier alpha value is -3.70. The first-order valence-electron chi connectivity index (χ1n) is 14.4. The molecule has 16 heteroatoms. The molecule has 0 radical (unpaired) electrons. The van der Waals surface area contributed by atoms with Crippen molar-refractivity contribution in [3.63, 3.8) is 0 Å². The smallest absolute Gasteiger partial charge is 0.394 e. The molecule has 10 N–H and O–H groups in total. The fourth-order valence-electron chi connectivity index (χ4n) is 6.70. The summed E-state index contributed by atoms with van der Waals surface area (Å²) in [5, 5.41) is 45.1. The van der Waals surface area contributed by atoms with Crippen LogP contribution in [0.4, 0.5) is 11.4 Å². The lowest BCUT2D eigenvalue weighted by Gasteiger charge is -2.50. The summed E-state index contributed by atoms with van der Waals surface area (Å²) in [5.41, 5.74) is 9.11. The first-order chi connectivity index (χ1) is 20.7. The Morgan fingerprint density at radius 1 is 1.16 bits per heavy atom. The third-order valence-corrected chi connectivity index (χ3v) is 8.44. The van der Waals surface area contributed by atoms with Crippen LogP contribution in [-0.2, 0) is 26.4 Å². The number of phenolic OH excluding ortho intramolecular Hbond substituents is 1. The predicted octanol–water partition coefficient (Wildman–Crippen LogP) is 1.31. The van der Waals surface area contributed by atoms with Gasteiger partial charge in [0, 0.05) is 30.3 Å². The number of fused-ring (bicyclic) bond motifs is 3. The lowest BCUT2D eigenvalue weighted by molar-refractivity contribution is -0.148. The van der Waals surface area contributed by atoms with Gasteiger partial charge < -0.3 is 36.8 Å². The maximum atomic E-state index is 14.0. The van der Waals surface area contributed by atoms with Crippen LogP contribution in [0.1, 0.15) is 56.0 Å². The molecule has 3 aliphatic carbocycles. The summed E-state index contributed by atoms with van der Waals surface area (Å²) in [6.07, 6.45) is 2.12.